The molecule has 0 spiro atoms. The molecule has 0 aliphatic rings. The zero-order valence-corrected chi connectivity index (χ0v) is 10.9. The fourth-order valence-electron chi connectivity index (χ4n) is 1.90. The molecular weight excluding hydrogens is 252 g/mol. The molecule has 100 valence electrons. The Bertz CT molecular complexity index is 634. The molecule has 0 aliphatic carbocycles. The second-order valence-corrected chi connectivity index (χ2v) is 4.16. The Morgan fingerprint density at radius 2 is 2.00 bits per heavy atom. The van der Waals surface area contributed by atoms with Gasteiger partial charge < -0.3 is 10.6 Å². The molecule has 1 aromatic heterocycles. The molecule has 0 bridgehead atoms. The van der Waals surface area contributed by atoms with E-state index in [0.29, 0.717) is 13.0 Å². The lowest BCUT2D eigenvalue weighted by atomic mass is 10.2. The second kappa shape index (κ2) is 6.34. The number of pyridine rings is 1. The predicted octanol–water partition coefficient (Wildman–Crippen LogP) is 2.23. The number of para-hydroxylation sites is 1. The van der Waals surface area contributed by atoms with Crippen molar-refractivity contribution in [2.45, 2.75) is 6.42 Å². The van der Waals surface area contributed by atoms with Crippen LogP contribution in [-0.2, 0) is 0 Å². The number of carbonyl (C=O) groups is 1. The van der Waals surface area contributed by atoms with Crippen LogP contribution >= 0.6 is 0 Å². The zero-order chi connectivity index (χ0) is 14.4. The van der Waals surface area contributed by atoms with Gasteiger partial charge in [0.1, 0.15) is 5.69 Å². The minimum absolute atomic E-state index is 0.209. The molecule has 0 unspecified atom stereocenters. The molecule has 5 nitrogen and oxygen atoms in total. The molecule has 1 aromatic carbocycles. The first kappa shape index (κ1) is 13.6. The van der Waals surface area contributed by atoms with Gasteiger partial charge in [0.25, 0.3) is 5.91 Å². The van der Waals surface area contributed by atoms with E-state index in [1.807, 2.05) is 35.2 Å². The number of aromatic nitrogens is 1. The summed E-state index contributed by atoms with van der Waals surface area (Å²) < 4.78 is 0. The van der Waals surface area contributed by atoms with Gasteiger partial charge >= 0.3 is 0 Å². The molecule has 5 heteroatoms. The highest BCUT2D eigenvalue weighted by Gasteiger charge is 2.11. The lowest BCUT2D eigenvalue weighted by molar-refractivity contribution is 0.0995. The fraction of sp³-hybridized carbons (Fsp3) is 0.133. The number of hydrogen-bond acceptors (Lipinski definition) is 4. The number of amides is 1. The smallest absolute Gasteiger partial charge is 0.267 e. The van der Waals surface area contributed by atoms with Crippen molar-refractivity contribution in [1.29, 1.82) is 5.26 Å². The second-order valence-electron chi connectivity index (χ2n) is 4.16. The average molecular weight is 266 g/mol. The number of rotatable bonds is 5. The number of hydrogen-bond donors (Lipinski definition) is 1. The van der Waals surface area contributed by atoms with E-state index in [0.717, 1.165) is 11.4 Å². The third kappa shape index (κ3) is 3.12. The van der Waals surface area contributed by atoms with Crippen molar-refractivity contribution in [1.82, 2.24) is 4.98 Å². The highest BCUT2D eigenvalue weighted by Crippen LogP contribution is 2.25. The number of nitrogens with zero attached hydrogens (tertiary/aromatic N) is 3. The molecule has 0 fully saturated rings. The summed E-state index contributed by atoms with van der Waals surface area (Å²) in [5, 5.41) is 8.79. The maximum absolute atomic E-state index is 11.2. The van der Waals surface area contributed by atoms with Crippen LogP contribution in [0.15, 0.2) is 48.7 Å². The van der Waals surface area contributed by atoms with E-state index in [1.54, 1.807) is 12.1 Å². The standard InChI is InChI=1S/C15H14N4O/c16-8-4-10-19(12-5-2-1-3-6-12)13-7-9-18-14(11-13)15(17)20/h1-3,5-7,9,11H,4,10H2,(H2,17,20). The van der Waals surface area contributed by atoms with Gasteiger partial charge in [0.05, 0.1) is 12.5 Å². The van der Waals surface area contributed by atoms with Gasteiger partial charge in [-0.2, -0.15) is 5.26 Å². The van der Waals surface area contributed by atoms with Gasteiger partial charge in [-0.25, -0.2) is 0 Å². The minimum Gasteiger partial charge on any atom is -0.364 e. The molecule has 2 rings (SSSR count). The summed E-state index contributed by atoms with van der Waals surface area (Å²) in [5.74, 6) is -0.569. The maximum atomic E-state index is 11.2. The van der Waals surface area contributed by atoms with Gasteiger partial charge in [-0.3, -0.25) is 9.78 Å². The Morgan fingerprint density at radius 3 is 2.65 bits per heavy atom. The summed E-state index contributed by atoms with van der Waals surface area (Å²) in [4.78, 5) is 17.1. The Hall–Kier alpha value is -2.87. The van der Waals surface area contributed by atoms with Crippen molar-refractivity contribution in [3.8, 4) is 6.07 Å². The Labute approximate surface area is 117 Å². The average Bonchev–Trinajstić information content (AvgIpc) is 2.49. The van der Waals surface area contributed by atoms with Crippen LogP contribution < -0.4 is 10.6 Å². The molecule has 2 N–H and O–H groups in total. The summed E-state index contributed by atoms with van der Waals surface area (Å²) in [7, 11) is 0. The summed E-state index contributed by atoms with van der Waals surface area (Å²) >= 11 is 0. The lowest BCUT2D eigenvalue weighted by Gasteiger charge is -2.24. The number of benzene rings is 1. The topological polar surface area (TPSA) is 83.0 Å². The molecule has 0 saturated carbocycles. The monoisotopic (exact) mass is 266 g/mol. The van der Waals surface area contributed by atoms with E-state index in [-0.39, 0.29) is 5.69 Å². The van der Waals surface area contributed by atoms with Crippen LogP contribution in [0.4, 0.5) is 11.4 Å². The SMILES string of the molecule is N#CCCN(c1ccccc1)c1ccnc(C(N)=O)c1. The van der Waals surface area contributed by atoms with Crippen molar-refractivity contribution in [2.24, 2.45) is 5.73 Å². The molecule has 1 heterocycles. The summed E-state index contributed by atoms with van der Waals surface area (Å²) in [6.45, 7) is 0.530. The Morgan fingerprint density at radius 1 is 1.25 bits per heavy atom. The van der Waals surface area contributed by atoms with E-state index < -0.39 is 5.91 Å². The first-order valence-electron chi connectivity index (χ1n) is 6.18. The van der Waals surface area contributed by atoms with Crippen LogP contribution in [-0.4, -0.2) is 17.4 Å². The molecule has 0 radical (unpaired) electrons. The summed E-state index contributed by atoms with van der Waals surface area (Å²) in [6.07, 6.45) is 1.92. The number of carbonyl (C=O) groups excluding carboxylic acids is 1. The van der Waals surface area contributed by atoms with Gasteiger partial charge in [-0.05, 0) is 24.3 Å². The molecule has 20 heavy (non-hydrogen) atoms. The molecule has 2 aromatic rings. The van der Waals surface area contributed by atoms with E-state index >= 15 is 0 Å². The Balaban J connectivity index is 2.39. The predicted molar refractivity (Wildman–Crippen MR) is 76.4 cm³/mol. The van der Waals surface area contributed by atoms with Gasteiger partial charge in [-0.15, -0.1) is 0 Å². The third-order valence-electron chi connectivity index (χ3n) is 2.82. The highest BCUT2D eigenvalue weighted by atomic mass is 16.1. The quantitative estimate of drug-likeness (QED) is 0.899. The van der Waals surface area contributed by atoms with E-state index in [4.69, 9.17) is 11.0 Å². The number of primary amides is 1. The molecule has 0 saturated heterocycles. The van der Waals surface area contributed by atoms with Crippen LogP contribution in [0.5, 0.6) is 0 Å². The number of nitrogens with two attached hydrogens (primary N) is 1. The van der Waals surface area contributed by atoms with Gasteiger partial charge in [-0.1, -0.05) is 18.2 Å². The first-order chi connectivity index (χ1) is 9.72. The number of nitriles is 1. The van der Waals surface area contributed by atoms with Crippen LogP contribution in [0.1, 0.15) is 16.9 Å². The van der Waals surface area contributed by atoms with Gasteiger partial charge in [0, 0.05) is 24.1 Å². The van der Waals surface area contributed by atoms with E-state index in [9.17, 15) is 4.79 Å². The minimum atomic E-state index is -0.569. The van der Waals surface area contributed by atoms with E-state index in [1.165, 1.54) is 6.20 Å². The first-order valence-corrected chi connectivity index (χ1v) is 6.18. The molecule has 0 aliphatic heterocycles. The van der Waals surface area contributed by atoms with Crippen molar-refractivity contribution in [2.75, 3.05) is 11.4 Å². The maximum Gasteiger partial charge on any atom is 0.267 e. The van der Waals surface area contributed by atoms with Crippen molar-refractivity contribution in [3.63, 3.8) is 0 Å². The number of anilines is 2. The molecular formula is C15H14N4O. The largest absolute Gasteiger partial charge is 0.364 e. The van der Waals surface area contributed by atoms with Crippen molar-refractivity contribution >= 4 is 17.3 Å². The van der Waals surface area contributed by atoms with Gasteiger partial charge in [0.15, 0.2) is 0 Å². The normalized spacial score (nSPS) is 9.75. The third-order valence-corrected chi connectivity index (χ3v) is 2.82. The fourth-order valence-corrected chi connectivity index (χ4v) is 1.90. The van der Waals surface area contributed by atoms with Gasteiger partial charge in [0.2, 0.25) is 0 Å². The Kier molecular flexibility index (Phi) is 4.30. The molecule has 1 amide bonds. The van der Waals surface area contributed by atoms with Crippen molar-refractivity contribution in [3.05, 3.63) is 54.4 Å². The van der Waals surface area contributed by atoms with E-state index in [2.05, 4.69) is 11.1 Å². The summed E-state index contributed by atoms with van der Waals surface area (Å²) in [5.41, 5.74) is 7.19. The van der Waals surface area contributed by atoms with Crippen molar-refractivity contribution < 1.29 is 4.79 Å². The van der Waals surface area contributed by atoms with Crippen LogP contribution in [0.2, 0.25) is 0 Å². The summed E-state index contributed by atoms with van der Waals surface area (Å²) in [6, 6.07) is 15.2. The van der Waals surface area contributed by atoms with Crippen LogP contribution in [0.3, 0.4) is 0 Å². The van der Waals surface area contributed by atoms with Crippen LogP contribution in [0, 0.1) is 11.3 Å². The lowest BCUT2D eigenvalue weighted by Crippen LogP contribution is -2.20. The zero-order valence-electron chi connectivity index (χ0n) is 10.9. The molecule has 0 atom stereocenters. The highest BCUT2D eigenvalue weighted by molar-refractivity contribution is 5.91. The van der Waals surface area contributed by atoms with Crippen LogP contribution in [0.25, 0.3) is 0 Å².